The Labute approximate surface area is 189 Å². The second-order valence-electron chi connectivity index (χ2n) is 7.50. The molecule has 1 fully saturated rings. The minimum atomic E-state index is -4.84. The fourth-order valence-electron chi connectivity index (χ4n) is 3.62. The van der Waals surface area contributed by atoms with E-state index in [-0.39, 0.29) is 18.0 Å². The fraction of sp³-hybridized carbons (Fsp3) is 0.273. The molecule has 7 nitrogen and oxygen atoms in total. The molecule has 0 aliphatic carbocycles. The molecule has 1 aliphatic rings. The maximum Gasteiger partial charge on any atom is 0.573 e. The van der Waals surface area contributed by atoms with Crippen molar-refractivity contribution >= 4 is 15.8 Å². The van der Waals surface area contributed by atoms with Crippen LogP contribution in [0.4, 0.5) is 19.0 Å². The monoisotopic (exact) mass is 478 g/mol. The van der Waals surface area contributed by atoms with E-state index in [1.165, 1.54) is 4.31 Å². The van der Waals surface area contributed by atoms with E-state index in [9.17, 15) is 21.6 Å². The summed E-state index contributed by atoms with van der Waals surface area (Å²) in [5.74, 6) is 0.178. The molecule has 0 spiro atoms. The van der Waals surface area contributed by atoms with E-state index in [2.05, 4.69) is 14.9 Å². The fourth-order valence-corrected chi connectivity index (χ4v) is 5.04. The Morgan fingerprint density at radius 2 is 1.55 bits per heavy atom. The van der Waals surface area contributed by atoms with Gasteiger partial charge in [0.2, 0.25) is 10.0 Å². The van der Waals surface area contributed by atoms with Crippen molar-refractivity contribution in [3.05, 3.63) is 66.2 Å². The van der Waals surface area contributed by atoms with E-state index < -0.39 is 22.1 Å². The first kappa shape index (κ1) is 23.0. The van der Waals surface area contributed by atoms with Crippen LogP contribution in [0, 0.1) is 6.92 Å². The van der Waals surface area contributed by atoms with Gasteiger partial charge in [-0.1, -0.05) is 24.3 Å². The number of sulfonamides is 1. The Balaban J connectivity index is 1.40. The molecule has 0 N–H and O–H groups in total. The number of aromatic nitrogens is 2. The Kier molecular flexibility index (Phi) is 6.26. The highest BCUT2D eigenvalue weighted by Gasteiger charge is 2.32. The lowest BCUT2D eigenvalue weighted by Crippen LogP contribution is -2.49. The van der Waals surface area contributed by atoms with Crippen LogP contribution in [-0.2, 0) is 10.0 Å². The van der Waals surface area contributed by atoms with Crippen LogP contribution in [0.15, 0.2) is 65.6 Å². The average Bonchev–Trinajstić information content (AvgIpc) is 2.79. The Morgan fingerprint density at radius 1 is 0.879 bits per heavy atom. The predicted octanol–water partition coefficient (Wildman–Crippen LogP) is 3.86. The number of nitrogens with zero attached hydrogens (tertiary/aromatic N) is 4. The third-order valence-corrected chi connectivity index (χ3v) is 7.24. The van der Waals surface area contributed by atoms with E-state index in [0.717, 1.165) is 41.1 Å². The largest absolute Gasteiger partial charge is 0.573 e. The van der Waals surface area contributed by atoms with Gasteiger partial charge in [-0.2, -0.15) is 4.31 Å². The number of halogens is 3. The number of aryl methyl sites for hydroxylation is 1. The Morgan fingerprint density at radius 3 is 2.12 bits per heavy atom. The van der Waals surface area contributed by atoms with Crippen LogP contribution >= 0.6 is 0 Å². The summed E-state index contributed by atoms with van der Waals surface area (Å²) in [6.45, 7) is 3.25. The maximum absolute atomic E-state index is 12.9. The van der Waals surface area contributed by atoms with Gasteiger partial charge in [-0.3, -0.25) is 0 Å². The molecule has 2 heterocycles. The summed E-state index contributed by atoms with van der Waals surface area (Å²) in [6.07, 6.45) is -4.84. The zero-order valence-electron chi connectivity index (χ0n) is 17.7. The quantitative estimate of drug-likeness (QED) is 0.555. The first-order valence-corrected chi connectivity index (χ1v) is 11.6. The molecule has 0 saturated carbocycles. The molecule has 4 rings (SSSR count). The zero-order chi connectivity index (χ0) is 23.6. The third kappa shape index (κ3) is 5.25. The number of alkyl halides is 3. The van der Waals surface area contributed by atoms with Gasteiger partial charge >= 0.3 is 6.36 Å². The van der Waals surface area contributed by atoms with Crippen molar-refractivity contribution < 1.29 is 26.3 Å². The van der Waals surface area contributed by atoms with Gasteiger partial charge in [0.15, 0.2) is 5.82 Å². The molecule has 0 bridgehead atoms. The maximum atomic E-state index is 12.9. The normalized spacial score (nSPS) is 15.5. The molecule has 0 unspecified atom stereocenters. The molecule has 1 aromatic heterocycles. The molecule has 3 aromatic rings. The summed E-state index contributed by atoms with van der Waals surface area (Å²) in [5, 5.41) is 8.62. The molecule has 0 atom stereocenters. The molecule has 1 aliphatic heterocycles. The van der Waals surface area contributed by atoms with Crippen molar-refractivity contribution in [2.75, 3.05) is 31.1 Å². The van der Waals surface area contributed by atoms with Crippen molar-refractivity contribution in [2.24, 2.45) is 0 Å². The molecular formula is C22H21F3N4O3S. The second kappa shape index (κ2) is 8.99. The lowest BCUT2D eigenvalue weighted by molar-refractivity contribution is -0.274. The van der Waals surface area contributed by atoms with Crippen molar-refractivity contribution in [3.63, 3.8) is 0 Å². The number of benzene rings is 2. The van der Waals surface area contributed by atoms with E-state index in [4.69, 9.17) is 0 Å². The predicted molar refractivity (Wildman–Crippen MR) is 116 cm³/mol. The number of anilines is 1. The van der Waals surface area contributed by atoms with Crippen LogP contribution in [0.1, 0.15) is 5.56 Å². The average molecular weight is 478 g/mol. The van der Waals surface area contributed by atoms with Crippen LogP contribution in [-0.4, -0.2) is 55.5 Å². The number of rotatable bonds is 5. The summed E-state index contributed by atoms with van der Waals surface area (Å²) in [7, 11) is -3.84. The molecule has 11 heteroatoms. The summed E-state index contributed by atoms with van der Waals surface area (Å²) < 4.78 is 67.8. The van der Waals surface area contributed by atoms with Gasteiger partial charge in [-0.05, 0) is 48.9 Å². The van der Waals surface area contributed by atoms with E-state index >= 15 is 0 Å². The molecule has 33 heavy (non-hydrogen) atoms. The van der Waals surface area contributed by atoms with Gasteiger partial charge in [-0.15, -0.1) is 23.4 Å². The van der Waals surface area contributed by atoms with Crippen molar-refractivity contribution in [2.45, 2.75) is 18.2 Å². The van der Waals surface area contributed by atoms with Crippen LogP contribution in [0.25, 0.3) is 11.3 Å². The highest BCUT2D eigenvalue weighted by atomic mass is 32.2. The molecule has 1 saturated heterocycles. The Bertz CT molecular complexity index is 1210. The van der Waals surface area contributed by atoms with Crippen molar-refractivity contribution in [3.8, 4) is 17.0 Å². The first-order valence-electron chi connectivity index (χ1n) is 10.1. The third-order valence-electron chi connectivity index (χ3n) is 5.33. The molecule has 174 valence electrons. The minimum Gasteiger partial charge on any atom is -0.406 e. The molecule has 2 aromatic carbocycles. The second-order valence-corrected chi connectivity index (χ2v) is 9.44. The summed E-state index contributed by atoms with van der Waals surface area (Å²) in [5.41, 5.74) is 2.85. The SMILES string of the molecule is Cc1ccccc1-c1ccc(N2CCN(S(=O)(=O)c3ccc(OC(F)(F)F)cc3)CC2)nn1. The number of hydrogen-bond acceptors (Lipinski definition) is 6. The highest BCUT2D eigenvalue weighted by Crippen LogP contribution is 2.26. The van der Waals surface area contributed by atoms with E-state index in [1.807, 2.05) is 48.2 Å². The van der Waals surface area contributed by atoms with Gasteiger partial charge in [0.25, 0.3) is 0 Å². The molecule has 0 amide bonds. The van der Waals surface area contributed by atoms with Crippen molar-refractivity contribution in [1.29, 1.82) is 0 Å². The minimum absolute atomic E-state index is 0.0900. The summed E-state index contributed by atoms with van der Waals surface area (Å²) in [6, 6.07) is 15.8. The van der Waals surface area contributed by atoms with Gasteiger partial charge < -0.3 is 9.64 Å². The van der Waals surface area contributed by atoms with Crippen LogP contribution in [0.2, 0.25) is 0 Å². The lowest BCUT2D eigenvalue weighted by atomic mass is 10.1. The number of hydrogen-bond donors (Lipinski definition) is 0. The van der Waals surface area contributed by atoms with Crippen LogP contribution in [0.5, 0.6) is 5.75 Å². The van der Waals surface area contributed by atoms with Gasteiger partial charge in [0.05, 0.1) is 10.6 Å². The lowest BCUT2D eigenvalue weighted by Gasteiger charge is -2.34. The molecule has 0 radical (unpaired) electrons. The number of piperazine rings is 1. The summed E-state index contributed by atoms with van der Waals surface area (Å²) in [4.78, 5) is 1.86. The van der Waals surface area contributed by atoms with Crippen LogP contribution in [0.3, 0.4) is 0 Å². The van der Waals surface area contributed by atoms with Gasteiger partial charge in [-0.25, -0.2) is 8.42 Å². The van der Waals surface area contributed by atoms with Gasteiger partial charge in [0, 0.05) is 31.7 Å². The van der Waals surface area contributed by atoms with Crippen LogP contribution < -0.4 is 9.64 Å². The summed E-state index contributed by atoms with van der Waals surface area (Å²) >= 11 is 0. The van der Waals surface area contributed by atoms with Crippen molar-refractivity contribution in [1.82, 2.24) is 14.5 Å². The van der Waals surface area contributed by atoms with E-state index in [1.54, 1.807) is 0 Å². The highest BCUT2D eigenvalue weighted by molar-refractivity contribution is 7.89. The Hall–Kier alpha value is -3.18. The zero-order valence-corrected chi connectivity index (χ0v) is 18.5. The molecular weight excluding hydrogens is 457 g/mol. The first-order chi connectivity index (χ1) is 15.6. The number of ether oxygens (including phenoxy) is 1. The van der Waals surface area contributed by atoms with Gasteiger partial charge in [0.1, 0.15) is 5.75 Å². The van der Waals surface area contributed by atoms with E-state index in [0.29, 0.717) is 18.9 Å². The standard InChI is InChI=1S/C22H21F3N4O3S/c1-16-4-2-3-5-19(16)20-10-11-21(27-26-20)28-12-14-29(15-13-28)33(30,31)18-8-6-17(7-9-18)32-22(23,24)25/h2-11H,12-15H2,1H3. The topological polar surface area (TPSA) is 75.6 Å². The smallest absolute Gasteiger partial charge is 0.406 e.